The summed E-state index contributed by atoms with van der Waals surface area (Å²) in [5.74, 6) is -2.01. The Morgan fingerprint density at radius 1 is 1.00 bits per heavy atom. The van der Waals surface area contributed by atoms with Crippen molar-refractivity contribution < 1.29 is 24.2 Å². The molecule has 0 heterocycles. The van der Waals surface area contributed by atoms with Gasteiger partial charge in [0.1, 0.15) is 5.78 Å². The summed E-state index contributed by atoms with van der Waals surface area (Å²) in [6.45, 7) is 6.30. The Kier molecular flexibility index (Phi) is 7.29. The maximum Gasteiger partial charge on any atom is 0.261 e. The van der Waals surface area contributed by atoms with Gasteiger partial charge in [-0.25, -0.2) is 0 Å². The molecule has 150 valence electrons. The van der Waals surface area contributed by atoms with Crippen molar-refractivity contribution in [1.29, 1.82) is 0 Å². The lowest BCUT2D eigenvalue weighted by Gasteiger charge is -2.43. The Hall–Kier alpha value is -2.28. The first-order valence-corrected chi connectivity index (χ1v) is 11.2. The first kappa shape index (κ1) is 22.0. The van der Waals surface area contributed by atoms with Crippen LogP contribution in [0, 0.1) is 0 Å². The van der Waals surface area contributed by atoms with Crippen LogP contribution >= 0.6 is 0 Å². The largest absolute Gasteiger partial charge is 0.550 e. The number of carboxylic acids is 1. The summed E-state index contributed by atoms with van der Waals surface area (Å²) in [5, 5.41) is 22.8. The molecule has 6 heteroatoms. The molecule has 5 nitrogen and oxygen atoms in total. The molecule has 1 atom stereocenters. The second-order valence-electron chi connectivity index (χ2n) is 7.92. The average molecular weight is 400 g/mol. The molecule has 2 rings (SSSR count). The number of carboxylic acid groups (broad SMARTS) is 1. The molecule has 0 aliphatic carbocycles. The van der Waals surface area contributed by atoms with Crippen LogP contribution in [0.25, 0.3) is 0 Å². The van der Waals surface area contributed by atoms with Gasteiger partial charge in [-0.15, -0.1) is 0 Å². The van der Waals surface area contributed by atoms with Gasteiger partial charge in [0, 0.05) is 18.8 Å². The van der Waals surface area contributed by atoms with E-state index in [1.54, 1.807) is 0 Å². The molecular weight excluding hydrogens is 372 g/mol. The van der Waals surface area contributed by atoms with Crippen LogP contribution in [-0.2, 0) is 14.0 Å². The molecule has 2 aromatic carbocycles. The fourth-order valence-electron chi connectivity index (χ4n) is 3.54. The van der Waals surface area contributed by atoms with E-state index in [-0.39, 0.29) is 18.1 Å². The predicted molar refractivity (Wildman–Crippen MR) is 109 cm³/mol. The van der Waals surface area contributed by atoms with Gasteiger partial charge in [0.05, 0.1) is 12.7 Å². The summed E-state index contributed by atoms with van der Waals surface area (Å²) in [6, 6.07) is 19.9. The molecule has 2 aromatic rings. The van der Waals surface area contributed by atoms with Crippen LogP contribution in [0.15, 0.2) is 60.7 Å². The fraction of sp³-hybridized carbons (Fsp3) is 0.364. The summed E-state index contributed by atoms with van der Waals surface area (Å²) in [7, 11) is -2.80. The van der Waals surface area contributed by atoms with E-state index in [1.807, 2.05) is 60.7 Å². The third-order valence-corrected chi connectivity index (χ3v) is 9.72. The number of ketones is 1. The topological polar surface area (TPSA) is 86.7 Å². The maximum absolute atomic E-state index is 11.7. The Balaban J connectivity index is 2.36. The van der Waals surface area contributed by atoms with Crippen LogP contribution in [0.4, 0.5) is 0 Å². The van der Waals surface area contributed by atoms with Crippen molar-refractivity contribution in [2.24, 2.45) is 0 Å². The fourth-order valence-corrected chi connectivity index (χ4v) is 8.14. The van der Waals surface area contributed by atoms with Crippen LogP contribution in [0.5, 0.6) is 0 Å². The number of aliphatic hydroxyl groups is 1. The molecule has 0 fully saturated rings. The number of benzene rings is 2. The second kappa shape index (κ2) is 9.27. The number of aliphatic carboxylic acids is 1. The number of carbonyl (C=O) groups is 2. The smallest absolute Gasteiger partial charge is 0.261 e. The lowest BCUT2D eigenvalue weighted by atomic mass is 10.1. The van der Waals surface area contributed by atoms with E-state index in [2.05, 4.69) is 20.8 Å². The SMILES string of the molecule is CC(C)(C)[Si](OC[C@@H](O)CC(=O)CC(=O)[O-])(c1ccccc1)c1ccccc1. The van der Waals surface area contributed by atoms with Gasteiger partial charge < -0.3 is 19.4 Å². The van der Waals surface area contributed by atoms with Crippen molar-refractivity contribution in [3.63, 3.8) is 0 Å². The van der Waals surface area contributed by atoms with E-state index in [1.165, 1.54) is 0 Å². The molecule has 0 bridgehead atoms. The first-order valence-electron chi connectivity index (χ1n) is 9.31. The van der Waals surface area contributed by atoms with Gasteiger partial charge in [-0.3, -0.25) is 4.79 Å². The number of rotatable bonds is 9. The van der Waals surface area contributed by atoms with Crippen LogP contribution in [-0.4, -0.2) is 37.9 Å². The lowest BCUT2D eigenvalue weighted by molar-refractivity contribution is -0.304. The van der Waals surface area contributed by atoms with Crippen LogP contribution in [0.2, 0.25) is 5.04 Å². The van der Waals surface area contributed by atoms with E-state index in [4.69, 9.17) is 4.43 Å². The van der Waals surface area contributed by atoms with Gasteiger partial charge in [0.2, 0.25) is 0 Å². The van der Waals surface area contributed by atoms with Crippen LogP contribution < -0.4 is 15.5 Å². The van der Waals surface area contributed by atoms with Crippen molar-refractivity contribution in [2.45, 2.75) is 44.8 Å². The highest BCUT2D eigenvalue weighted by Gasteiger charge is 2.50. The molecule has 0 saturated carbocycles. The van der Waals surface area contributed by atoms with E-state index in [0.717, 1.165) is 10.4 Å². The molecule has 0 radical (unpaired) electrons. The van der Waals surface area contributed by atoms with Gasteiger partial charge in [0.25, 0.3) is 8.32 Å². The maximum atomic E-state index is 11.7. The quantitative estimate of drug-likeness (QED) is 0.503. The molecule has 0 aromatic heterocycles. The number of hydrogen-bond acceptors (Lipinski definition) is 5. The normalized spacial score (nSPS) is 13.1. The van der Waals surface area contributed by atoms with E-state index in [9.17, 15) is 19.8 Å². The average Bonchev–Trinajstić information content (AvgIpc) is 2.62. The van der Waals surface area contributed by atoms with Gasteiger partial charge in [-0.1, -0.05) is 81.4 Å². The van der Waals surface area contributed by atoms with E-state index in [0.29, 0.717) is 0 Å². The summed E-state index contributed by atoms with van der Waals surface area (Å²) < 4.78 is 6.51. The van der Waals surface area contributed by atoms with Crippen molar-refractivity contribution in [3.05, 3.63) is 60.7 Å². The molecule has 0 amide bonds. The summed E-state index contributed by atoms with van der Waals surface area (Å²) in [5.41, 5.74) is 0. The van der Waals surface area contributed by atoms with Crippen molar-refractivity contribution in [2.75, 3.05) is 6.61 Å². The van der Waals surface area contributed by atoms with Crippen LogP contribution in [0.3, 0.4) is 0 Å². The zero-order valence-corrected chi connectivity index (χ0v) is 17.6. The minimum atomic E-state index is -2.80. The number of Topliss-reactive ketones (excluding diaryl/α,β-unsaturated/α-hetero) is 1. The Labute approximate surface area is 167 Å². The molecule has 0 spiro atoms. The molecule has 0 aliphatic heterocycles. The highest BCUT2D eigenvalue weighted by Crippen LogP contribution is 2.36. The molecule has 0 aliphatic rings. The third-order valence-electron chi connectivity index (χ3n) is 4.71. The van der Waals surface area contributed by atoms with Crippen molar-refractivity contribution in [3.8, 4) is 0 Å². The van der Waals surface area contributed by atoms with Crippen molar-refractivity contribution >= 4 is 30.4 Å². The van der Waals surface area contributed by atoms with Gasteiger partial charge in [0.15, 0.2) is 0 Å². The van der Waals surface area contributed by atoms with E-state index >= 15 is 0 Å². The monoisotopic (exact) mass is 399 g/mol. The predicted octanol–water partition coefficient (Wildman–Crippen LogP) is 1.02. The molecule has 0 saturated heterocycles. The highest BCUT2D eigenvalue weighted by molar-refractivity contribution is 6.99. The molecule has 1 N–H and O–H groups in total. The molecule has 0 unspecified atom stereocenters. The summed E-state index contributed by atoms with van der Waals surface area (Å²) in [4.78, 5) is 22.3. The lowest BCUT2D eigenvalue weighted by Crippen LogP contribution is -2.67. The Morgan fingerprint density at radius 2 is 1.46 bits per heavy atom. The number of aliphatic hydroxyl groups excluding tert-OH is 1. The minimum Gasteiger partial charge on any atom is -0.550 e. The third kappa shape index (κ3) is 5.16. The Bertz CT molecular complexity index is 744. The van der Waals surface area contributed by atoms with Crippen LogP contribution in [0.1, 0.15) is 33.6 Å². The first-order chi connectivity index (χ1) is 13.2. The second-order valence-corrected chi connectivity index (χ2v) is 12.2. The summed E-state index contributed by atoms with van der Waals surface area (Å²) in [6.07, 6.45) is -2.05. The zero-order chi connectivity index (χ0) is 20.8. The minimum absolute atomic E-state index is 0.0495. The van der Waals surface area contributed by atoms with E-state index < -0.39 is 32.6 Å². The molecular formula is C22H27O5Si-. The van der Waals surface area contributed by atoms with Crippen molar-refractivity contribution in [1.82, 2.24) is 0 Å². The number of carbonyl (C=O) groups excluding carboxylic acids is 2. The van der Waals surface area contributed by atoms with Gasteiger partial charge >= 0.3 is 0 Å². The van der Waals surface area contributed by atoms with Gasteiger partial charge in [-0.2, -0.15) is 0 Å². The molecule has 28 heavy (non-hydrogen) atoms. The highest BCUT2D eigenvalue weighted by atomic mass is 28.4. The number of hydrogen-bond donors (Lipinski definition) is 1. The Morgan fingerprint density at radius 3 is 1.86 bits per heavy atom. The zero-order valence-electron chi connectivity index (χ0n) is 16.6. The summed E-state index contributed by atoms with van der Waals surface area (Å²) >= 11 is 0. The standard InChI is InChI=1S/C22H28O5Si/c1-22(2,3)28(19-10-6-4-7-11-19,20-12-8-5-9-13-20)27-16-18(24)14-17(23)15-21(25)26/h4-13,18,24H,14-16H2,1-3H3,(H,25,26)/p-1/t18-/m0/s1. The van der Waals surface area contributed by atoms with Gasteiger partial charge in [-0.05, 0) is 15.4 Å².